The van der Waals surface area contributed by atoms with E-state index >= 15 is 0 Å². The van der Waals surface area contributed by atoms with Gasteiger partial charge in [0.05, 0.1) is 41.0 Å². The van der Waals surface area contributed by atoms with Crippen molar-refractivity contribution < 1.29 is 18.3 Å². The monoisotopic (exact) mass is 663 g/mol. The van der Waals surface area contributed by atoms with Crippen molar-refractivity contribution in [3.63, 3.8) is 0 Å². The highest BCUT2D eigenvalue weighted by Crippen LogP contribution is 2.34. The third kappa shape index (κ3) is 5.03. The van der Waals surface area contributed by atoms with E-state index < -0.39 is 17.7 Å². The first-order valence-corrected chi connectivity index (χ1v) is 16.3. The molecule has 1 amide bonds. The molecule has 3 aliphatic rings. The Labute approximate surface area is 278 Å². The fourth-order valence-electron chi connectivity index (χ4n) is 7.41. The zero-order valence-corrected chi connectivity index (χ0v) is 26.5. The summed E-state index contributed by atoms with van der Waals surface area (Å²) in [7, 11) is 0. The van der Waals surface area contributed by atoms with Gasteiger partial charge in [0, 0.05) is 50.1 Å². The van der Waals surface area contributed by atoms with E-state index in [1.165, 1.54) is 23.1 Å². The number of halogens is 2. The lowest BCUT2D eigenvalue weighted by Gasteiger charge is -2.31. The highest BCUT2D eigenvalue weighted by molar-refractivity contribution is 5.93. The Morgan fingerprint density at radius 3 is 2.84 bits per heavy atom. The number of amides is 1. The van der Waals surface area contributed by atoms with E-state index in [1.807, 2.05) is 41.0 Å². The average Bonchev–Trinajstić information content (AvgIpc) is 3.74. The molecule has 1 N–H and O–H groups in total. The summed E-state index contributed by atoms with van der Waals surface area (Å²) >= 11 is 0. The quantitative estimate of drug-likeness (QED) is 0.291. The van der Waals surface area contributed by atoms with Crippen LogP contribution in [0.15, 0.2) is 61.2 Å². The van der Waals surface area contributed by atoms with Crippen LogP contribution < -0.4 is 10.2 Å². The summed E-state index contributed by atoms with van der Waals surface area (Å²) in [4.78, 5) is 41.8. The first-order valence-electron chi connectivity index (χ1n) is 16.3. The summed E-state index contributed by atoms with van der Waals surface area (Å²) in [5.41, 5.74) is 3.90. The topological polar surface area (TPSA) is 132 Å². The summed E-state index contributed by atoms with van der Waals surface area (Å²) in [5, 5.41) is 8.42. The standard InChI is InChI=1S/C34H31F2N11O2/c1-19-41-27-5-2-4-23-26-8-9-37-34(43-26)42-21-13-29(33(48)44-10-3-11-49-22(16-44)17-45(19)30(23)27)46(15-21)31-24-14-40-47(32(24)39-18-38-31)28-7-6-20(35)12-25(28)36/h2,4-9,12,14,18,21-22,29H,3,10-11,13,15-17H2,1H3,(H,37,42,43)/t21-,22+,29-/m0/s1. The van der Waals surface area contributed by atoms with E-state index in [4.69, 9.17) is 14.7 Å². The number of para-hydroxylation sites is 1. The van der Waals surface area contributed by atoms with Gasteiger partial charge < -0.3 is 24.4 Å². The highest BCUT2D eigenvalue weighted by Gasteiger charge is 2.42. The van der Waals surface area contributed by atoms with E-state index in [9.17, 15) is 13.6 Å². The Morgan fingerprint density at radius 2 is 1.94 bits per heavy atom. The molecule has 13 nitrogen and oxygen atoms in total. The first-order chi connectivity index (χ1) is 23.9. The normalized spacial score (nSPS) is 21.0. The SMILES string of the molecule is Cc1nc2cccc3c2n1C[C@H]1CN(CCCO1)C(=O)[C@@H]1C[C@@H](CN1c1ncnc2c1cnn2-c1ccc(F)cc1F)Nc1nccc-3n1. The predicted octanol–water partition coefficient (Wildman–Crippen LogP) is 3.90. The molecule has 3 atom stereocenters. The Bertz CT molecular complexity index is 2250. The van der Waals surface area contributed by atoms with Gasteiger partial charge in [-0.15, -0.1) is 0 Å². The van der Waals surface area contributed by atoms with Crippen LogP contribution in [0.5, 0.6) is 0 Å². The Kier molecular flexibility index (Phi) is 6.96. The van der Waals surface area contributed by atoms with Crippen LogP contribution >= 0.6 is 0 Å². The third-order valence-corrected chi connectivity index (χ3v) is 9.61. The maximum Gasteiger partial charge on any atom is 0.245 e. The number of ether oxygens (including phenoxy) is 1. The number of rotatable bonds is 2. The molecule has 6 bridgehead atoms. The van der Waals surface area contributed by atoms with E-state index in [0.717, 1.165) is 34.2 Å². The number of anilines is 2. The molecule has 15 heteroatoms. The molecule has 0 aliphatic carbocycles. The largest absolute Gasteiger partial charge is 0.374 e. The lowest BCUT2D eigenvalue weighted by atomic mass is 10.1. The van der Waals surface area contributed by atoms with Gasteiger partial charge >= 0.3 is 0 Å². The molecule has 9 rings (SSSR count). The maximum atomic E-state index is 14.8. The number of carbonyl (C=O) groups excluding carboxylic acids is 1. The molecule has 2 saturated heterocycles. The second-order valence-corrected chi connectivity index (χ2v) is 12.7. The number of fused-ring (bicyclic) bond motifs is 8. The van der Waals surface area contributed by atoms with E-state index in [2.05, 4.69) is 29.9 Å². The maximum absolute atomic E-state index is 14.8. The van der Waals surface area contributed by atoms with Gasteiger partial charge in [-0.25, -0.2) is 38.4 Å². The van der Waals surface area contributed by atoms with Gasteiger partial charge in [0.2, 0.25) is 11.9 Å². The number of aryl methyl sites for hydroxylation is 1. The first kappa shape index (κ1) is 29.6. The van der Waals surface area contributed by atoms with Crippen LogP contribution in [-0.4, -0.2) is 94.5 Å². The molecule has 4 aromatic heterocycles. The van der Waals surface area contributed by atoms with E-state index in [0.29, 0.717) is 68.4 Å². The van der Waals surface area contributed by atoms with Crippen molar-refractivity contribution in [2.24, 2.45) is 0 Å². The molecule has 0 unspecified atom stereocenters. The molecular formula is C34H31F2N11O2. The number of carbonyl (C=O) groups is 1. The fourth-order valence-corrected chi connectivity index (χ4v) is 7.41. The van der Waals surface area contributed by atoms with Crippen LogP contribution in [-0.2, 0) is 16.1 Å². The minimum absolute atomic E-state index is 0.0408. The number of hydrogen-bond acceptors (Lipinski definition) is 10. The molecule has 2 aromatic carbocycles. The number of hydrogen-bond donors (Lipinski definition) is 1. The van der Waals surface area contributed by atoms with E-state index in [-0.39, 0.29) is 23.7 Å². The summed E-state index contributed by atoms with van der Waals surface area (Å²) in [5.74, 6) is 0.280. The smallest absolute Gasteiger partial charge is 0.245 e. The Morgan fingerprint density at radius 1 is 1.02 bits per heavy atom. The number of nitrogens with zero attached hydrogens (tertiary/aromatic N) is 10. The molecule has 2 fully saturated rings. The van der Waals surface area contributed by atoms with Crippen LogP contribution in [0, 0.1) is 18.6 Å². The Balaban J connectivity index is 1.15. The predicted molar refractivity (Wildman–Crippen MR) is 176 cm³/mol. The van der Waals surface area contributed by atoms with Crippen molar-refractivity contribution in [3.8, 4) is 16.9 Å². The molecule has 0 radical (unpaired) electrons. The second kappa shape index (κ2) is 11.5. The van der Waals surface area contributed by atoms with Gasteiger partial charge in [-0.05, 0) is 44.0 Å². The highest BCUT2D eigenvalue weighted by atomic mass is 19.1. The van der Waals surface area contributed by atoms with Crippen molar-refractivity contribution in [2.75, 3.05) is 36.5 Å². The van der Waals surface area contributed by atoms with Crippen LogP contribution in [0.25, 0.3) is 39.0 Å². The molecule has 3 aliphatic heterocycles. The van der Waals surface area contributed by atoms with Gasteiger partial charge in [0.1, 0.15) is 35.5 Å². The lowest BCUT2D eigenvalue weighted by Crippen LogP contribution is -2.48. The molecule has 248 valence electrons. The molecule has 7 heterocycles. The van der Waals surface area contributed by atoms with Crippen LogP contribution in [0.3, 0.4) is 0 Å². The van der Waals surface area contributed by atoms with Crippen LogP contribution in [0.2, 0.25) is 0 Å². The van der Waals surface area contributed by atoms with Crippen molar-refractivity contribution in [1.82, 2.24) is 44.2 Å². The van der Waals surface area contributed by atoms with Crippen LogP contribution in [0.4, 0.5) is 20.5 Å². The minimum atomic E-state index is -0.772. The Hall–Kier alpha value is -5.57. The molecular weight excluding hydrogens is 632 g/mol. The molecule has 0 spiro atoms. The summed E-state index contributed by atoms with van der Waals surface area (Å²) < 4.78 is 38.4. The van der Waals surface area contributed by atoms with Gasteiger partial charge in [0.25, 0.3) is 0 Å². The number of nitrogens with one attached hydrogen (secondary N) is 1. The number of imidazole rings is 1. The van der Waals surface area contributed by atoms with Gasteiger partial charge in [0.15, 0.2) is 11.5 Å². The third-order valence-electron chi connectivity index (χ3n) is 9.61. The summed E-state index contributed by atoms with van der Waals surface area (Å²) in [6.45, 7) is 4.40. The van der Waals surface area contributed by atoms with Gasteiger partial charge in [-0.1, -0.05) is 12.1 Å². The zero-order valence-electron chi connectivity index (χ0n) is 26.5. The second-order valence-electron chi connectivity index (χ2n) is 12.7. The van der Waals surface area contributed by atoms with Gasteiger partial charge in [-0.3, -0.25) is 4.79 Å². The summed E-state index contributed by atoms with van der Waals surface area (Å²) in [6, 6.07) is 10.4. The molecule has 6 aromatic rings. The summed E-state index contributed by atoms with van der Waals surface area (Å²) in [6.07, 6.45) is 5.56. The average molecular weight is 664 g/mol. The van der Waals surface area contributed by atoms with E-state index in [1.54, 1.807) is 12.4 Å². The molecule has 0 saturated carbocycles. The van der Waals surface area contributed by atoms with Crippen molar-refractivity contribution in [3.05, 3.63) is 78.6 Å². The van der Waals surface area contributed by atoms with Crippen molar-refractivity contribution >= 4 is 39.7 Å². The van der Waals surface area contributed by atoms with Crippen molar-refractivity contribution in [2.45, 2.75) is 44.5 Å². The zero-order chi connectivity index (χ0) is 33.2. The van der Waals surface area contributed by atoms with Crippen molar-refractivity contribution in [1.29, 1.82) is 0 Å². The number of benzene rings is 2. The lowest BCUT2D eigenvalue weighted by molar-refractivity contribution is -0.133. The molecule has 49 heavy (non-hydrogen) atoms. The number of aromatic nitrogens is 8. The minimum Gasteiger partial charge on any atom is -0.374 e. The van der Waals surface area contributed by atoms with Crippen LogP contribution in [0.1, 0.15) is 18.7 Å². The fraction of sp³-hybridized carbons (Fsp3) is 0.324. The van der Waals surface area contributed by atoms with Gasteiger partial charge in [-0.2, -0.15) is 5.10 Å².